The lowest BCUT2D eigenvalue weighted by atomic mass is 9.76. The van der Waals surface area contributed by atoms with Crippen LogP contribution >= 0.6 is 0 Å². The molecule has 1 saturated carbocycles. The molecule has 0 aromatic carbocycles. The maximum Gasteiger partial charge on any atom is 0.226 e. The minimum Gasteiger partial charge on any atom is -0.338 e. The average molecular weight is 481 g/mol. The van der Waals surface area contributed by atoms with E-state index in [0.29, 0.717) is 18.5 Å². The van der Waals surface area contributed by atoms with Gasteiger partial charge in [-0.05, 0) is 71.0 Å². The van der Waals surface area contributed by atoms with E-state index in [1.54, 1.807) is 14.0 Å². The number of rotatable bonds is 9. The first-order valence-electron chi connectivity index (χ1n) is 13.3. The second kappa shape index (κ2) is 11.0. The smallest absolute Gasteiger partial charge is 0.226 e. The van der Waals surface area contributed by atoms with Crippen LogP contribution in [0.4, 0.5) is 0 Å². The van der Waals surface area contributed by atoms with Crippen molar-refractivity contribution in [1.29, 1.82) is 0 Å². The molecule has 7 nitrogen and oxygen atoms in total. The van der Waals surface area contributed by atoms with E-state index in [0.717, 1.165) is 61.7 Å². The Morgan fingerprint density at radius 3 is 2.57 bits per heavy atom. The number of fused-ring (bicyclic) bond motifs is 1. The molecule has 2 aromatic rings. The highest BCUT2D eigenvalue weighted by Crippen LogP contribution is 2.35. The summed E-state index contributed by atoms with van der Waals surface area (Å²) in [6, 6.07) is 1.82. The lowest BCUT2D eigenvalue weighted by Gasteiger charge is -2.35. The summed E-state index contributed by atoms with van der Waals surface area (Å²) in [5.41, 5.74) is 2.49. The van der Waals surface area contributed by atoms with Gasteiger partial charge in [0, 0.05) is 54.8 Å². The maximum atomic E-state index is 14.0. The van der Waals surface area contributed by atoms with Crippen molar-refractivity contribution in [2.24, 2.45) is 11.8 Å². The zero-order valence-corrected chi connectivity index (χ0v) is 21.7. The molecule has 35 heavy (non-hydrogen) atoms. The van der Waals surface area contributed by atoms with Gasteiger partial charge in [0.25, 0.3) is 0 Å². The zero-order valence-electron chi connectivity index (χ0n) is 21.7. The number of hydrogen-bond acceptors (Lipinski definition) is 5. The molecule has 1 amide bonds. The molecule has 190 valence electrons. The number of amides is 1. The number of Topliss-reactive ketones (excluding diaryl/α,β-unsaturated/α-hetero) is 2. The van der Waals surface area contributed by atoms with Gasteiger partial charge in [0.05, 0.1) is 6.04 Å². The van der Waals surface area contributed by atoms with E-state index in [9.17, 15) is 14.4 Å². The Hall–Kier alpha value is -2.54. The number of pyridine rings is 1. The van der Waals surface area contributed by atoms with E-state index in [1.807, 2.05) is 41.8 Å². The molecule has 7 heteroatoms. The average Bonchev–Trinajstić information content (AvgIpc) is 3.46. The SMILES string of the molecule is CNC(C)C(=O)CC(C(=O)N1CCCC1Cn1cc(C(C)=O)c2cc(C)cnc21)C1CCCCC1. The molecule has 0 spiro atoms. The van der Waals surface area contributed by atoms with Crippen LogP contribution in [0, 0.1) is 18.8 Å². The molecule has 4 rings (SSSR count). The molecule has 2 aliphatic rings. The van der Waals surface area contributed by atoms with Gasteiger partial charge in [-0.15, -0.1) is 0 Å². The molecule has 1 aliphatic carbocycles. The van der Waals surface area contributed by atoms with Crippen molar-refractivity contribution in [2.45, 2.75) is 90.8 Å². The van der Waals surface area contributed by atoms with Crippen LogP contribution in [-0.2, 0) is 16.1 Å². The van der Waals surface area contributed by atoms with Gasteiger partial charge in [-0.2, -0.15) is 0 Å². The van der Waals surface area contributed by atoms with Crippen LogP contribution in [0.3, 0.4) is 0 Å². The molecule has 3 unspecified atom stereocenters. The Morgan fingerprint density at radius 1 is 1.14 bits per heavy atom. The maximum absolute atomic E-state index is 14.0. The predicted octanol–water partition coefficient (Wildman–Crippen LogP) is 4.30. The molecule has 0 bridgehead atoms. The largest absolute Gasteiger partial charge is 0.338 e. The third-order valence-electron chi connectivity index (χ3n) is 8.17. The summed E-state index contributed by atoms with van der Waals surface area (Å²) in [6.07, 6.45) is 11.5. The summed E-state index contributed by atoms with van der Waals surface area (Å²) < 4.78 is 2.05. The molecule has 0 radical (unpaired) electrons. The Morgan fingerprint density at radius 2 is 1.89 bits per heavy atom. The monoisotopic (exact) mass is 480 g/mol. The molecule has 1 N–H and O–H groups in total. The van der Waals surface area contributed by atoms with Crippen molar-refractivity contribution >= 4 is 28.5 Å². The van der Waals surface area contributed by atoms with E-state index < -0.39 is 0 Å². The number of carbonyl (C=O) groups excluding carboxylic acids is 3. The zero-order chi connectivity index (χ0) is 25.1. The van der Waals surface area contributed by atoms with Crippen LogP contribution in [0.2, 0.25) is 0 Å². The van der Waals surface area contributed by atoms with Gasteiger partial charge >= 0.3 is 0 Å². The van der Waals surface area contributed by atoms with Crippen LogP contribution in [-0.4, -0.2) is 57.6 Å². The molecule has 1 saturated heterocycles. The number of nitrogens with zero attached hydrogens (tertiary/aromatic N) is 3. The van der Waals surface area contributed by atoms with Crippen molar-refractivity contribution in [3.63, 3.8) is 0 Å². The molecule has 3 heterocycles. The van der Waals surface area contributed by atoms with Crippen molar-refractivity contribution in [3.05, 3.63) is 29.6 Å². The van der Waals surface area contributed by atoms with Crippen LogP contribution in [0.25, 0.3) is 11.0 Å². The summed E-state index contributed by atoms with van der Waals surface area (Å²) in [6.45, 7) is 6.79. The summed E-state index contributed by atoms with van der Waals surface area (Å²) in [4.78, 5) is 45.8. The van der Waals surface area contributed by atoms with E-state index in [4.69, 9.17) is 0 Å². The first kappa shape index (κ1) is 25.5. The van der Waals surface area contributed by atoms with Gasteiger partial charge in [-0.1, -0.05) is 19.3 Å². The lowest BCUT2D eigenvalue weighted by Crippen LogP contribution is -2.45. The van der Waals surface area contributed by atoms with Crippen molar-refractivity contribution < 1.29 is 14.4 Å². The van der Waals surface area contributed by atoms with Crippen molar-refractivity contribution in [2.75, 3.05) is 13.6 Å². The Labute approximate surface area is 208 Å². The Bertz CT molecular complexity index is 1090. The fraction of sp³-hybridized carbons (Fsp3) is 0.643. The molecular formula is C28H40N4O3. The van der Waals surface area contributed by atoms with Gasteiger partial charge in [0.1, 0.15) is 11.4 Å². The van der Waals surface area contributed by atoms with Gasteiger partial charge in [0.15, 0.2) is 5.78 Å². The molecule has 2 fully saturated rings. The first-order chi connectivity index (χ1) is 16.8. The molecular weight excluding hydrogens is 440 g/mol. The quantitative estimate of drug-likeness (QED) is 0.541. The van der Waals surface area contributed by atoms with Crippen LogP contribution in [0.1, 0.15) is 81.1 Å². The summed E-state index contributed by atoms with van der Waals surface area (Å²) in [5, 5.41) is 3.92. The number of nitrogens with one attached hydrogen (secondary N) is 1. The minimum atomic E-state index is -0.242. The minimum absolute atomic E-state index is 0.0232. The van der Waals surface area contributed by atoms with Gasteiger partial charge < -0.3 is 14.8 Å². The van der Waals surface area contributed by atoms with E-state index in [-0.39, 0.29) is 41.4 Å². The van der Waals surface area contributed by atoms with Crippen molar-refractivity contribution in [1.82, 2.24) is 19.8 Å². The standard InChI is InChI=1S/C28H40N4O3/c1-18-13-24-25(20(3)33)17-31(27(24)30-15-18)16-22-11-8-12-32(22)28(35)23(14-26(34)19(2)29-4)21-9-6-5-7-10-21/h13,15,17,19,21-23,29H,5-12,14,16H2,1-4H3. The third-order valence-corrected chi connectivity index (χ3v) is 8.17. The Kier molecular flexibility index (Phi) is 8.05. The number of carbonyl (C=O) groups is 3. The highest BCUT2D eigenvalue weighted by atomic mass is 16.2. The highest BCUT2D eigenvalue weighted by Gasteiger charge is 2.39. The van der Waals surface area contributed by atoms with E-state index >= 15 is 0 Å². The summed E-state index contributed by atoms with van der Waals surface area (Å²) in [7, 11) is 1.79. The topological polar surface area (TPSA) is 84.3 Å². The number of hydrogen-bond donors (Lipinski definition) is 1. The van der Waals surface area contributed by atoms with Gasteiger partial charge in [-0.25, -0.2) is 4.98 Å². The van der Waals surface area contributed by atoms with Gasteiger partial charge in [0.2, 0.25) is 5.91 Å². The summed E-state index contributed by atoms with van der Waals surface area (Å²) in [5.74, 6) is 0.327. The lowest BCUT2D eigenvalue weighted by molar-refractivity contribution is -0.141. The molecule has 3 atom stereocenters. The number of aromatic nitrogens is 2. The number of aryl methyl sites for hydroxylation is 1. The van der Waals surface area contributed by atoms with Crippen LogP contribution < -0.4 is 5.32 Å². The van der Waals surface area contributed by atoms with E-state index in [1.165, 1.54) is 6.42 Å². The first-order valence-corrected chi connectivity index (χ1v) is 13.3. The van der Waals surface area contributed by atoms with Crippen LogP contribution in [0.5, 0.6) is 0 Å². The number of likely N-dealkylation sites (tertiary alicyclic amines) is 1. The number of likely N-dealkylation sites (N-methyl/N-ethyl adjacent to an activating group) is 1. The van der Waals surface area contributed by atoms with Crippen LogP contribution in [0.15, 0.2) is 18.5 Å². The fourth-order valence-electron chi connectivity index (χ4n) is 6.00. The highest BCUT2D eigenvalue weighted by molar-refractivity contribution is 6.06. The fourth-order valence-corrected chi connectivity index (χ4v) is 6.00. The van der Waals surface area contributed by atoms with Crippen molar-refractivity contribution in [3.8, 4) is 0 Å². The Balaban J connectivity index is 1.58. The normalized spacial score (nSPS) is 20.8. The van der Waals surface area contributed by atoms with E-state index in [2.05, 4.69) is 10.3 Å². The summed E-state index contributed by atoms with van der Waals surface area (Å²) >= 11 is 0. The predicted molar refractivity (Wildman–Crippen MR) is 137 cm³/mol. The number of ketones is 2. The third kappa shape index (κ3) is 5.50. The van der Waals surface area contributed by atoms with Gasteiger partial charge in [-0.3, -0.25) is 14.4 Å². The molecule has 1 aliphatic heterocycles. The second-order valence-electron chi connectivity index (χ2n) is 10.6. The molecule has 2 aromatic heterocycles. The second-order valence-corrected chi connectivity index (χ2v) is 10.6.